The Bertz CT molecular complexity index is 1020. The van der Waals surface area contributed by atoms with Gasteiger partial charge < -0.3 is 19.1 Å². The van der Waals surface area contributed by atoms with Crippen LogP contribution in [0.25, 0.3) is 16.2 Å². The molecule has 8 heteroatoms. The van der Waals surface area contributed by atoms with E-state index < -0.39 is 0 Å². The standard InChI is InChI=1S/C21H25N3O4S/c1-13-9-23(10-14(2)28-13)20(25)7-15-12-29-21-22-18(11-24(15)21)17-8-16(26-3)5-6-19(17)27-4/h5-6,8,11-14H,7,9-10H2,1-4H3. The number of thiazole rings is 1. The lowest BCUT2D eigenvalue weighted by molar-refractivity contribution is -0.142. The Hall–Kier alpha value is -2.58. The van der Waals surface area contributed by atoms with Gasteiger partial charge in [0.05, 0.1) is 38.5 Å². The Morgan fingerprint density at radius 2 is 2.00 bits per heavy atom. The maximum atomic E-state index is 12.9. The van der Waals surface area contributed by atoms with Crippen molar-refractivity contribution in [2.75, 3.05) is 27.3 Å². The molecule has 1 aliphatic heterocycles. The van der Waals surface area contributed by atoms with E-state index in [1.807, 2.05) is 52.9 Å². The van der Waals surface area contributed by atoms with E-state index in [-0.39, 0.29) is 18.1 Å². The second kappa shape index (κ2) is 8.04. The zero-order chi connectivity index (χ0) is 20.5. The molecule has 2 aromatic heterocycles. The van der Waals surface area contributed by atoms with Crippen molar-refractivity contribution in [3.05, 3.63) is 35.5 Å². The van der Waals surface area contributed by atoms with Gasteiger partial charge >= 0.3 is 0 Å². The lowest BCUT2D eigenvalue weighted by Gasteiger charge is -2.35. The Balaban J connectivity index is 1.61. The zero-order valence-corrected chi connectivity index (χ0v) is 17.9. The molecule has 154 valence electrons. The van der Waals surface area contributed by atoms with Crippen molar-refractivity contribution in [2.45, 2.75) is 32.5 Å². The highest BCUT2D eigenvalue weighted by atomic mass is 32.1. The molecule has 1 aliphatic rings. The molecule has 0 aliphatic carbocycles. The Labute approximate surface area is 173 Å². The normalized spacial score (nSPS) is 19.5. The molecule has 4 rings (SSSR count). The first-order valence-electron chi connectivity index (χ1n) is 9.59. The number of fused-ring (bicyclic) bond motifs is 1. The van der Waals surface area contributed by atoms with Crippen LogP contribution in [0.4, 0.5) is 0 Å². The smallest absolute Gasteiger partial charge is 0.228 e. The van der Waals surface area contributed by atoms with Crippen molar-refractivity contribution in [2.24, 2.45) is 0 Å². The molecular formula is C21H25N3O4S. The van der Waals surface area contributed by atoms with Crippen LogP contribution in [0.1, 0.15) is 19.5 Å². The number of carbonyl (C=O) groups is 1. The van der Waals surface area contributed by atoms with Gasteiger partial charge in [0.15, 0.2) is 4.96 Å². The van der Waals surface area contributed by atoms with Crippen LogP contribution in [0.15, 0.2) is 29.8 Å². The number of amides is 1. The topological polar surface area (TPSA) is 65.3 Å². The van der Waals surface area contributed by atoms with Crippen LogP contribution in [-0.4, -0.2) is 59.7 Å². The fraction of sp³-hybridized carbons (Fsp3) is 0.429. The van der Waals surface area contributed by atoms with Gasteiger partial charge in [0.2, 0.25) is 5.91 Å². The van der Waals surface area contributed by atoms with Crippen LogP contribution in [0.5, 0.6) is 11.5 Å². The molecule has 0 radical (unpaired) electrons. The summed E-state index contributed by atoms with van der Waals surface area (Å²) in [5.41, 5.74) is 2.58. The van der Waals surface area contributed by atoms with Gasteiger partial charge in [-0.05, 0) is 32.0 Å². The Morgan fingerprint density at radius 1 is 1.24 bits per heavy atom. The first-order valence-corrected chi connectivity index (χ1v) is 10.5. The molecule has 0 N–H and O–H groups in total. The lowest BCUT2D eigenvalue weighted by atomic mass is 10.1. The van der Waals surface area contributed by atoms with E-state index in [4.69, 9.17) is 19.2 Å². The van der Waals surface area contributed by atoms with Crippen molar-refractivity contribution in [3.8, 4) is 22.8 Å². The van der Waals surface area contributed by atoms with Crippen LogP contribution in [0, 0.1) is 0 Å². The molecule has 1 saturated heterocycles. The van der Waals surface area contributed by atoms with E-state index in [1.54, 1.807) is 14.2 Å². The summed E-state index contributed by atoms with van der Waals surface area (Å²) < 4.78 is 18.6. The van der Waals surface area contributed by atoms with Crippen LogP contribution in [0.2, 0.25) is 0 Å². The van der Waals surface area contributed by atoms with E-state index >= 15 is 0 Å². The molecule has 3 aromatic rings. The largest absolute Gasteiger partial charge is 0.497 e. The lowest BCUT2D eigenvalue weighted by Crippen LogP contribution is -2.48. The number of benzene rings is 1. The van der Waals surface area contributed by atoms with Gasteiger partial charge in [0.25, 0.3) is 0 Å². The zero-order valence-electron chi connectivity index (χ0n) is 17.0. The summed E-state index contributed by atoms with van der Waals surface area (Å²) in [6, 6.07) is 5.63. The fourth-order valence-corrected chi connectivity index (χ4v) is 4.62. The Morgan fingerprint density at radius 3 is 2.69 bits per heavy atom. The number of imidazole rings is 1. The average molecular weight is 416 g/mol. The van der Waals surface area contributed by atoms with Gasteiger partial charge in [-0.1, -0.05) is 0 Å². The number of rotatable bonds is 5. The quantitative estimate of drug-likeness (QED) is 0.640. The molecule has 0 spiro atoms. The van der Waals surface area contributed by atoms with Gasteiger partial charge in [-0.15, -0.1) is 11.3 Å². The number of hydrogen-bond donors (Lipinski definition) is 0. The minimum atomic E-state index is 0.0607. The molecule has 2 atom stereocenters. The van der Waals surface area contributed by atoms with Gasteiger partial charge in [-0.2, -0.15) is 0 Å². The molecule has 1 fully saturated rings. The maximum absolute atomic E-state index is 12.9. The predicted octanol–water partition coefficient (Wildman–Crippen LogP) is 3.26. The number of nitrogens with zero attached hydrogens (tertiary/aromatic N) is 3. The van der Waals surface area contributed by atoms with E-state index in [9.17, 15) is 4.79 Å². The number of ether oxygens (including phenoxy) is 3. The molecular weight excluding hydrogens is 390 g/mol. The summed E-state index contributed by atoms with van der Waals surface area (Å²) in [6.07, 6.45) is 2.41. The molecule has 1 aromatic carbocycles. The van der Waals surface area contributed by atoms with Crippen molar-refractivity contribution >= 4 is 22.2 Å². The highest BCUT2D eigenvalue weighted by Crippen LogP contribution is 2.34. The molecule has 2 unspecified atom stereocenters. The second-order valence-corrected chi connectivity index (χ2v) is 8.14. The Kier molecular flexibility index (Phi) is 5.47. The third-order valence-corrected chi connectivity index (χ3v) is 5.96. The van der Waals surface area contributed by atoms with Crippen molar-refractivity contribution in [3.63, 3.8) is 0 Å². The summed E-state index contributed by atoms with van der Waals surface area (Å²) in [4.78, 5) is 20.3. The maximum Gasteiger partial charge on any atom is 0.228 e. The number of morpholine rings is 1. The van der Waals surface area contributed by atoms with E-state index in [0.29, 0.717) is 19.5 Å². The minimum Gasteiger partial charge on any atom is -0.497 e. The van der Waals surface area contributed by atoms with Crippen LogP contribution < -0.4 is 9.47 Å². The van der Waals surface area contributed by atoms with E-state index in [1.165, 1.54) is 11.3 Å². The highest BCUT2D eigenvalue weighted by molar-refractivity contribution is 7.15. The molecule has 7 nitrogen and oxygen atoms in total. The summed E-state index contributed by atoms with van der Waals surface area (Å²) >= 11 is 1.53. The monoisotopic (exact) mass is 415 g/mol. The molecule has 0 saturated carbocycles. The SMILES string of the molecule is COc1ccc(OC)c(-c2cn3c(CC(=O)N4CC(C)OC(C)C4)csc3n2)c1. The van der Waals surface area contributed by atoms with Gasteiger partial charge in [-0.3, -0.25) is 9.20 Å². The first-order chi connectivity index (χ1) is 14.0. The fourth-order valence-electron chi connectivity index (χ4n) is 3.75. The molecule has 3 heterocycles. The van der Waals surface area contributed by atoms with Crippen molar-refractivity contribution in [1.29, 1.82) is 0 Å². The minimum absolute atomic E-state index is 0.0607. The van der Waals surface area contributed by atoms with Gasteiger partial charge in [-0.25, -0.2) is 4.98 Å². The summed E-state index contributed by atoms with van der Waals surface area (Å²) in [6.45, 7) is 5.27. The predicted molar refractivity (Wildman–Crippen MR) is 112 cm³/mol. The third kappa shape index (κ3) is 3.95. The third-order valence-electron chi connectivity index (χ3n) is 5.07. The molecule has 29 heavy (non-hydrogen) atoms. The van der Waals surface area contributed by atoms with Crippen LogP contribution in [-0.2, 0) is 16.0 Å². The number of methoxy groups -OCH3 is 2. The summed E-state index contributed by atoms with van der Waals surface area (Å²) in [7, 11) is 3.27. The van der Waals surface area contributed by atoms with Crippen molar-refractivity contribution in [1.82, 2.24) is 14.3 Å². The summed E-state index contributed by atoms with van der Waals surface area (Å²) in [5, 5.41) is 2.00. The number of hydrogen-bond acceptors (Lipinski definition) is 6. The van der Waals surface area contributed by atoms with E-state index in [2.05, 4.69) is 0 Å². The average Bonchev–Trinajstić information content (AvgIpc) is 3.28. The number of aromatic nitrogens is 2. The van der Waals surface area contributed by atoms with E-state index in [0.717, 1.165) is 33.4 Å². The molecule has 0 bridgehead atoms. The van der Waals surface area contributed by atoms with Gasteiger partial charge in [0.1, 0.15) is 11.5 Å². The second-order valence-electron chi connectivity index (χ2n) is 7.30. The van der Waals surface area contributed by atoms with Crippen LogP contribution in [0.3, 0.4) is 0 Å². The summed E-state index contributed by atoms with van der Waals surface area (Å²) in [5.74, 6) is 1.58. The first kappa shape index (κ1) is 19.7. The van der Waals surface area contributed by atoms with Crippen LogP contribution >= 0.6 is 11.3 Å². The van der Waals surface area contributed by atoms with Crippen molar-refractivity contribution < 1.29 is 19.0 Å². The molecule has 1 amide bonds. The highest BCUT2D eigenvalue weighted by Gasteiger charge is 2.26. The number of carbonyl (C=O) groups excluding carboxylic acids is 1. The van der Waals surface area contributed by atoms with Gasteiger partial charge in [0, 0.05) is 35.9 Å².